The molecule has 17 heavy (non-hydrogen) atoms. The zero-order valence-electron chi connectivity index (χ0n) is 10.9. The van der Waals surface area contributed by atoms with Crippen molar-refractivity contribution in [1.29, 1.82) is 0 Å². The van der Waals surface area contributed by atoms with Gasteiger partial charge in [0.1, 0.15) is 5.75 Å². The molecule has 1 aromatic carbocycles. The van der Waals surface area contributed by atoms with E-state index in [4.69, 9.17) is 4.74 Å². The summed E-state index contributed by atoms with van der Waals surface area (Å²) >= 11 is 0. The van der Waals surface area contributed by atoms with Crippen molar-refractivity contribution in [2.24, 2.45) is 5.92 Å². The summed E-state index contributed by atoms with van der Waals surface area (Å²) in [6.45, 7) is 3.06. The van der Waals surface area contributed by atoms with E-state index in [1.54, 1.807) is 0 Å². The minimum Gasteiger partial charge on any atom is -0.493 e. The quantitative estimate of drug-likeness (QED) is 0.778. The fraction of sp³-hybridized carbons (Fsp3) is 0.600. The highest BCUT2D eigenvalue weighted by atomic mass is 16.5. The average Bonchev–Trinajstić information content (AvgIpc) is 3.17. The monoisotopic (exact) mass is 233 g/mol. The summed E-state index contributed by atoms with van der Waals surface area (Å²) in [7, 11) is 2.01. The Balaban J connectivity index is 1.97. The van der Waals surface area contributed by atoms with Gasteiger partial charge >= 0.3 is 0 Å². The van der Waals surface area contributed by atoms with E-state index >= 15 is 0 Å². The minimum atomic E-state index is 0.395. The van der Waals surface area contributed by atoms with Crippen LogP contribution in [0.2, 0.25) is 0 Å². The molecular formula is C15H23NO. The highest BCUT2D eigenvalue weighted by molar-refractivity contribution is 5.35. The Bertz CT molecular complexity index is 343. The van der Waals surface area contributed by atoms with E-state index in [2.05, 4.69) is 36.5 Å². The van der Waals surface area contributed by atoms with Gasteiger partial charge in [-0.25, -0.2) is 0 Å². The molecule has 1 atom stereocenters. The van der Waals surface area contributed by atoms with Crippen LogP contribution >= 0.6 is 0 Å². The van der Waals surface area contributed by atoms with Crippen molar-refractivity contribution >= 4 is 0 Å². The standard InChI is InChI=1S/C15H23NO/c1-3-14(16-2)13-6-4-5-7-15(13)17-11-10-12-8-9-12/h4-7,12,14,16H,3,8-11H2,1-2H3. The molecule has 1 unspecified atom stereocenters. The third-order valence-electron chi connectivity index (χ3n) is 3.53. The first-order chi connectivity index (χ1) is 8.35. The Hall–Kier alpha value is -1.02. The summed E-state index contributed by atoms with van der Waals surface area (Å²) in [5.41, 5.74) is 1.29. The lowest BCUT2D eigenvalue weighted by molar-refractivity contribution is 0.296. The Labute approximate surface area is 104 Å². The normalized spacial score (nSPS) is 16.8. The predicted octanol–water partition coefficient (Wildman–Crippen LogP) is 3.54. The molecule has 0 heterocycles. The average molecular weight is 233 g/mol. The molecule has 2 rings (SSSR count). The Morgan fingerprint density at radius 1 is 1.35 bits per heavy atom. The van der Waals surface area contributed by atoms with Crippen LogP contribution in [-0.2, 0) is 0 Å². The van der Waals surface area contributed by atoms with Gasteiger partial charge in [-0.2, -0.15) is 0 Å². The summed E-state index contributed by atoms with van der Waals surface area (Å²) < 4.78 is 5.93. The van der Waals surface area contributed by atoms with Gasteiger partial charge in [0.05, 0.1) is 6.61 Å². The second-order valence-corrected chi connectivity index (χ2v) is 4.87. The number of ether oxygens (including phenoxy) is 1. The van der Waals surface area contributed by atoms with E-state index < -0.39 is 0 Å². The van der Waals surface area contributed by atoms with Gasteiger partial charge in [0.2, 0.25) is 0 Å². The van der Waals surface area contributed by atoms with Gasteiger partial charge in [-0.1, -0.05) is 38.0 Å². The molecule has 0 aliphatic heterocycles. The predicted molar refractivity (Wildman–Crippen MR) is 71.4 cm³/mol. The fourth-order valence-electron chi connectivity index (χ4n) is 2.22. The number of benzene rings is 1. The zero-order chi connectivity index (χ0) is 12.1. The van der Waals surface area contributed by atoms with Crippen LogP contribution in [0.1, 0.15) is 44.2 Å². The maximum atomic E-state index is 5.93. The first-order valence-electron chi connectivity index (χ1n) is 6.74. The first-order valence-corrected chi connectivity index (χ1v) is 6.74. The topological polar surface area (TPSA) is 21.3 Å². The smallest absolute Gasteiger partial charge is 0.124 e. The maximum absolute atomic E-state index is 5.93. The second kappa shape index (κ2) is 6.06. The first kappa shape index (κ1) is 12.4. The molecule has 0 saturated heterocycles. The molecule has 0 bridgehead atoms. The molecular weight excluding hydrogens is 210 g/mol. The second-order valence-electron chi connectivity index (χ2n) is 4.87. The number of hydrogen-bond donors (Lipinski definition) is 1. The third-order valence-corrected chi connectivity index (χ3v) is 3.53. The van der Waals surface area contributed by atoms with Gasteiger partial charge in [0.25, 0.3) is 0 Å². The molecule has 0 spiro atoms. The molecule has 1 aromatic rings. The van der Waals surface area contributed by atoms with Crippen molar-refractivity contribution in [1.82, 2.24) is 5.32 Å². The third kappa shape index (κ3) is 3.47. The van der Waals surface area contributed by atoms with Gasteiger partial charge in [0, 0.05) is 11.6 Å². The van der Waals surface area contributed by atoms with Crippen LogP contribution in [0.5, 0.6) is 5.75 Å². The summed E-state index contributed by atoms with van der Waals surface area (Å²) in [4.78, 5) is 0. The van der Waals surface area contributed by atoms with Crippen molar-refractivity contribution in [3.63, 3.8) is 0 Å². The van der Waals surface area contributed by atoms with Crippen molar-refractivity contribution in [2.45, 2.75) is 38.6 Å². The molecule has 1 aliphatic rings. The number of hydrogen-bond acceptors (Lipinski definition) is 2. The lowest BCUT2D eigenvalue weighted by Gasteiger charge is -2.18. The van der Waals surface area contributed by atoms with E-state index in [-0.39, 0.29) is 0 Å². The van der Waals surface area contributed by atoms with Crippen LogP contribution in [0.25, 0.3) is 0 Å². The molecule has 2 heteroatoms. The molecule has 1 saturated carbocycles. The van der Waals surface area contributed by atoms with Crippen molar-refractivity contribution in [3.05, 3.63) is 29.8 Å². The molecule has 2 nitrogen and oxygen atoms in total. The largest absolute Gasteiger partial charge is 0.493 e. The van der Waals surface area contributed by atoms with Crippen LogP contribution < -0.4 is 10.1 Å². The molecule has 94 valence electrons. The van der Waals surface area contributed by atoms with E-state index in [9.17, 15) is 0 Å². The lowest BCUT2D eigenvalue weighted by Crippen LogP contribution is -2.16. The Morgan fingerprint density at radius 3 is 2.76 bits per heavy atom. The van der Waals surface area contributed by atoms with Gasteiger partial charge in [-0.3, -0.25) is 0 Å². The van der Waals surface area contributed by atoms with Crippen LogP contribution in [0.4, 0.5) is 0 Å². The highest BCUT2D eigenvalue weighted by Gasteiger charge is 2.21. The highest BCUT2D eigenvalue weighted by Crippen LogP contribution is 2.33. The number of para-hydroxylation sites is 1. The van der Waals surface area contributed by atoms with Crippen LogP contribution in [-0.4, -0.2) is 13.7 Å². The zero-order valence-corrected chi connectivity index (χ0v) is 10.9. The van der Waals surface area contributed by atoms with E-state index in [0.717, 1.165) is 24.7 Å². The fourth-order valence-corrected chi connectivity index (χ4v) is 2.22. The van der Waals surface area contributed by atoms with Crippen molar-refractivity contribution in [2.75, 3.05) is 13.7 Å². The van der Waals surface area contributed by atoms with E-state index in [1.165, 1.54) is 24.8 Å². The SMILES string of the molecule is CCC(NC)c1ccccc1OCCC1CC1. The van der Waals surface area contributed by atoms with Gasteiger partial charge < -0.3 is 10.1 Å². The van der Waals surface area contributed by atoms with Gasteiger partial charge in [0.15, 0.2) is 0 Å². The van der Waals surface area contributed by atoms with E-state index in [0.29, 0.717) is 6.04 Å². The van der Waals surface area contributed by atoms with Gasteiger partial charge in [-0.05, 0) is 31.9 Å². The maximum Gasteiger partial charge on any atom is 0.124 e. The molecule has 1 fully saturated rings. The van der Waals surface area contributed by atoms with Crippen LogP contribution in [0.3, 0.4) is 0 Å². The summed E-state index contributed by atoms with van der Waals surface area (Å²) in [6.07, 6.45) is 5.10. The lowest BCUT2D eigenvalue weighted by atomic mass is 10.0. The molecule has 1 aliphatic carbocycles. The molecule has 0 radical (unpaired) electrons. The summed E-state index contributed by atoms with van der Waals surface area (Å²) in [5.74, 6) is 1.99. The summed E-state index contributed by atoms with van der Waals surface area (Å²) in [5, 5.41) is 3.34. The number of nitrogens with one attached hydrogen (secondary N) is 1. The van der Waals surface area contributed by atoms with Gasteiger partial charge in [-0.15, -0.1) is 0 Å². The molecule has 0 amide bonds. The summed E-state index contributed by atoms with van der Waals surface area (Å²) in [6, 6.07) is 8.79. The van der Waals surface area contributed by atoms with E-state index in [1.807, 2.05) is 7.05 Å². The number of rotatable bonds is 7. The minimum absolute atomic E-state index is 0.395. The molecule has 1 N–H and O–H groups in total. The molecule has 0 aromatic heterocycles. The van der Waals surface area contributed by atoms with Crippen molar-refractivity contribution in [3.8, 4) is 5.75 Å². The van der Waals surface area contributed by atoms with Crippen LogP contribution in [0, 0.1) is 5.92 Å². The van der Waals surface area contributed by atoms with Crippen molar-refractivity contribution < 1.29 is 4.74 Å². The Morgan fingerprint density at radius 2 is 2.12 bits per heavy atom. The Kier molecular flexibility index (Phi) is 4.43. The van der Waals surface area contributed by atoms with Crippen LogP contribution in [0.15, 0.2) is 24.3 Å².